The van der Waals surface area contributed by atoms with E-state index in [4.69, 9.17) is 17.0 Å². The summed E-state index contributed by atoms with van der Waals surface area (Å²) in [4.78, 5) is 6.38. The van der Waals surface area contributed by atoms with Crippen LogP contribution >= 0.6 is 12.2 Å². The maximum Gasteiger partial charge on any atom is 0.174 e. The number of nitrogens with one attached hydrogen (secondary N) is 1. The van der Waals surface area contributed by atoms with Crippen molar-refractivity contribution in [2.75, 3.05) is 12.4 Å². The Morgan fingerprint density at radius 2 is 1.89 bits per heavy atom. The second-order valence-corrected chi connectivity index (χ2v) is 7.16. The van der Waals surface area contributed by atoms with E-state index in [2.05, 4.69) is 52.5 Å². The molecule has 0 saturated carbocycles. The van der Waals surface area contributed by atoms with Crippen molar-refractivity contribution in [2.24, 2.45) is 0 Å². The summed E-state index contributed by atoms with van der Waals surface area (Å²) in [5.74, 6) is 0.777. The minimum Gasteiger partial charge on any atom is -0.495 e. The number of methoxy groups -OCH3 is 1. The maximum absolute atomic E-state index is 5.78. The number of hydrogen-bond acceptors (Lipinski definition) is 3. The second-order valence-electron chi connectivity index (χ2n) is 6.78. The molecule has 0 amide bonds. The lowest BCUT2D eigenvalue weighted by atomic mass is 10.1. The minimum absolute atomic E-state index is 0.647. The standard InChI is InChI=1S/C23H25N3OS/c1-17-10-11-21(22(13-17)27-3)25-23(28)26(15-19-8-6-12-24-14-19)16-20-9-5-4-7-18(20)2/h4-14H,15-16H2,1-3H3,(H,25,28). The highest BCUT2D eigenvalue weighted by atomic mass is 32.1. The first kappa shape index (κ1) is 19.8. The molecule has 0 aliphatic rings. The molecule has 0 aliphatic carbocycles. The van der Waals surface area contributed by atoms with Gasteiger partial charge in [0.15, 0.2) is 5.11 Å². The third kappa shape index (κ3) is 5.08. The van der Waals surface area contributed by atoms with Gasteiger partial charge in [0.2, 0.25) is 0 Å². The lowest BCUT2D eigenvalue weighted by Crippen LogP contribution is -2.34. The summed E-state index contributed by atoms with van der Waals surface area (Å²) in [7, 11) is 1.67. The van der Waals surface area contributed by atoms with Crippen LogP contribution in [0.1, 0.15) is 22.3 Å². The molecule has 1 aromatic heterocycles. The van der Waals surface area contributed by atoms with E-state index in [0.29, 0.717) is 18.2 Å². The SMILES string of the molecule is COc1cc(C)ccc1NC(=S)N(Cc1cccnc1)Cc1ccccc1C. The Morgan fingerprint density at radius 1 is 1.07 bits per heavy atom. The molecule has 28 heavy (non-hydrogen) atoms. The molecule has 0 unspecified atom stereocenters. The van der Waals surface area contributed by atoms with Crippen LogP contribution in [-0.2, 0) is 13.1 Å². The molecule has 0 bridgehead atoms. The Labute approximate surface area is 172 Å². The average molecular weight is 392 g/mol. The number of nitrogens with zero attached hydrogens (tertiary/aromatic N) is 2. The molecule has 0 spiro atoms. The molecular weight excluding hydrogens is 366 g/mol. The lowest BCUT2D eigenvalue weighted by molar-refractivity contribution is 0.408. The van der Waals surface area contributed by atoms with E-state index in [-0.39, 0.29) is 0 Å². The monoisotopic (exact) mass is 391 g/mol. The van der Waals surface area contributed by atoms with Gasteiger partial charge in [-0.15, -0.1) is 0 Å². The first-order valence-electron chi connectivity index (χ1n) is 9.21. The predicted octanol–water partition coefficient (Wildman–Crippen LogP) is 5.11. The summed E-state index contributed by atoms with van der Waals surface area (Å²) in [6.07, 6.45) is 3.66. The number of benzene rings is 2. The van der Waals surface area contributed by atoms with E-state index >= 15 is 0 Å². The molecule has 1 heterocycles. The Balaban J connectivity index is 1.85. The highest BCUT2D eigenvalue weighted by Crippen LogP contribution is 2.26. The molecule has 0 radical (unpaired) electrons. The van der Waals surface area contributed by atoms with Gasteiger partial charge in [-0.1, -0.05) is 36.4 Å². The highest BCUT2D eigenvalue weighted by molar-refractivity contribution is 7.80. The number of ether oxygens (including phenoxy) is 1. The molecule has 3 rings (SSSR count). The maximum atomic E-state index is 5.78. The number of thiocarbonyl (C=S) groups is 1. The third-order valence-corrected chi connectivity index (χ3v) is 4.96. The molecule has 0 fully saturated rings. The van der Waals surface area contributed by atoms with Gasteiger partial charge in [0.1, 0.15) is 5.75 Å². The van der Waals surface area contributed by atoms with Crippen LogP contribution in [0.15, 0.2) is 67.0 Å². The second kappa shape index (κ2) is 9.33. The van der Waals surface area contributed by atoms with E-state index in [1.807, 2.05) is 37.4 Å². The zero-order chi connectivity index (χ0) is 19.9. The average Bonchev–Trinajstić information content (AvgIpc) is 2.71. The first-order valence-corrected chi connectivity index (χ1v) is 9.61. The van der Waals surface area contributed by atoms with Crippen molar-refractivity contribution >= 4 is 23.0 Å². The van der Waals surface area contributed by atoms with Crippen molar-refractivity contribution < 1.29 is 4.74 Å². The van der Waals surface area contributed by atoms with Crippen molar-refractivity contribution in [1.29, 1.82) is 0 Å². The normalized spacial score (nSPS) is 10.4. The summed E-state index contributed by atoms with van der Waals surface area (Å²) in [6, 6.07) is 18.4. The summed E-state index contributed by atoms with van der Waals surface area (Å²) in [5.41, 5.74) is 5.59. The van der Waals surface area contributed by atoms with Gasteiger partial charge in [-0.05, 0) is 66.5 Å². The Morgan fingerprint density at radius 3 is 2.61 bits per heavy atom. The van der Waals surface area contributed by atoms with E-state index < -0.39 is 0 Å². The van der Waals surface area contributed by atoms with Gasteiger partial charge in [0.25, 0.3) is 0 Å². The molecule has 1 N–H and O–H groups in total. The quantitative estimate of drug-likeness (QED) is 0.591. The van der Waals surface area contributed by atoms with Crippen LogP contribution in [0, 0.1) is 13.8 Å². The van der Waals surface area contributed by atoms with Gasteiger partial charge in [-0.25, -0.2) is 0 Å². The van der Waals surface area contributed by atoms with E-state index in [0.717, 1.165) is 22.6 Å². The number of aryl methyl sites for hydroxylation is 2. The van der Waals surface area contributed by atoms with E-state index in [1.165, 1.54) is 11.1 Å². The van der Waals surface area contributed by atoms with Gasteiger partial charge in [0.05, 0.1) is 12.8 Å². The van der Waals surface area contributed by atoms with Crippen LogP contribution < -0.4 is 10.1 Å². The summed E-state index contributed by atoms with van der Waals surface area (Å²) < 4.78 is 5.51. The zero-order valence-corrected chi connectivity index (χ0v) is 17.3. The van der Waals surface area contributed by atoms with Crippen LogP contribution in [-0.4, -0.2) is 22.1 Å². The van der Waals surface area contributed by atoms with E-state index in [1.54, 1.807) is 13.3 Å². The van der Waals surface area contributed by atoms with Crippen LogP contribution in [0.5, 0.6) is 5.75 Å². The van der Waals surface area contributed by atoms with Gasteiger partial charge in [-0.3, -0.25) is 4.98 Å². The summed E-state index contributed by atoms with van der Waals surface area (Å²) in [6.45, 7) is 5.54. The fourth-order valence-electron chi connectivity index (χ4n) is 3.00. The number of rotatable bonds is 6. The Kier molecular flexibility index (Phi) is 6.61. The molecule has 5 heteroatoms. The summed E-state index contributed by atoms with van der Waals surface area (Å²) in [5, 5.41) is 4.01. The van der Waals surface area contributed by atoms with Gasteiger partial charge < -0.3 is 15.0 Å². The molecule has 0 saturated heterocycles. The number of pyridine rings is 1. The highest BCUT2D eigenvalue weighted by Gasteiger charge is 2.14. The molecule has 4 nitrogen and oxygen atoms in total. The van der Waals surface area contributed by atoms with E-state index in [9.17, 15) is 0 Å². The minimum atomic E-state index is 0.647. The van der Waals surface area contributed by atoms with Gasteiger partial charge in [-0.2, -0.15) is 0 Å². The van der Waals surface area contributed by atoms with Crippen molar-refractivity contribution in [3.63, 3.8) is 0 Å². The topological polar surface area (TPSA) is 37.4 Å². The summed E-state index contributed by atoms with van der Waals surface area (Å²) >= 11 is 5.78. The molecule has 3 aromatic rings. The number of anilines is 1. The van der Waals surface area contributed by atoms with Crippen LogP contribution in [0.25, 0.3) is 0 Å². The molecule has 0 atom stereocenters. The van der Waals surface area contributed by atoms with Gasteiger partial charge >= 0.3 is 0 Å². The van der Waals surface area contributed by atoms with Crippen LogP contribution in [0.4, 0.5) is 5.69 Å². The molecular formula is C23H25N3OS. The molecule has 0 aliphatic heterocycles. The zero-order valence-electron chi connectivity index (χ0n) is 16.5. The third-order valence-electron chi connectivity index (χ3n) is 4.60. The smallest absolute Gasteiger partial charge is 0.174 e. The molecule has 144 valence electrons. The Hall–Kier alpha value is -2.92. The predicted molar refractivity (Wildman–Crippen MR) is 119 cm³/mol. The van der Waals surface area contributed by atoms with Gasteiger partial charge in [0, 0.05) is 25.5 Å². The van der Waals surface area contributed by atoms with Crippen molar-refractivity contribution in [3.8, 4) is 5.75 Å². The first-order chi connectivity index (χ1) is 13.6. The van der Waals surface area contributed by atoms with Crippen molar-refractivity contribution in [2.45, 2.75) is 26.9 Å². The van der Waals surface area contributed by atoms with Crippen molar-refractivity contribution in [3.05, 3.63) is 89.2 Å². The fraction of sp³-hybridized carbons (Fsp3) is 0.217. The van der Waals surface area contributed by atoms with Crippen LogP contribution in [0.3, 0.4) is 0 Å². The van der Waals surface area contributed by atoms with Crippen molar-refractivity contribution in [1.82, 2.24) is 9.88 Å². The Bertz CT molecular complexity index is 944. The largest absolute Gasteiger partial charge is 0.495 e. The molecule has 2 aromatic carbocycles. The fourth-order valence-corrected chi connectivity index (χ4v) is 3.24. The van der Waals surface area contributed by atoms with Crippen LogP contribution in [0.2, 0.25) is 0 Å². The lowest BCUT2D eigenvalue weighted by Gasteiger charge is -2.27. The number of aromatic nitrogens is 1. The number of hydrogen-bond donors (Lipinski definition) is 1.